The van der Waals surface area contributed by atoms with E-state index in [9.17, 15) is 9.59 Å². The van der Waals surface area contributed by atoms with Gasteiger partial charge in [-0.25, -0.2) is 4.99 Å². The van der Waals surface area contributed by atoms with Gasteiger partial charge >= 0.3 is 0 Å². The number of thioether (sulfide) groups is 1. The SMILES string of the molecule is COc1ccc(/C=C2\N=C(S[C@H](C)C(N)=O)N(c3cc(C)cc(C)c3)C2=O)cc1. The first-order valence-electron chi connectivity index (χ1n) is 9.11. The zero-order valence-electron chi connectivity index (χ0n) is 16.8. The second-order valence-electron chi connectivity index (χ2n) is 6.85. The summed E-state index contributed by atoms with van der Waals surface area (Å²) in [6.07, 6.45) is 1.72. The molecule has 1 atom stereocenters. The summed E-state index contributed by atoms with van der Waals surface area (Å²) in [5.41, 5.74) is 9.33. The summed E-state index contributed by atoms with van der Waals surface area (Å²) in [7, 11) is 1.60. The van der Waals surface area contributed by atoms with Crippen LogP contribution in [0.4, 0.5) is 5.69 Å². The van der Waals surface area contributed by atoms with Crippen molar-refractivity contribution >= 4 is 40.5 Å². The van der Waals surface area contributed by atoms with Crippen molar-refractivity contribution in [2.24, 2.45) is 10.7 Å². The van der Waals surface area contributed by atoms with Gasteiger partial charge in [0.25, 0.3) is 5.91 Å². The number of aliphatic imine (C=N–C) groups is 1. The molecule has 1 heterocycles. The van der Waals surface area contributed by atoms with Crippen LogP contribution in [0.5, 0.6) is 5.75 Å². The number of methoxy groups -OCH3 is 1. The van der Waals surface area contributed by atoms with Gasteiger partial charge in [0.2, 0.25) is 5.91 Å². The van der Waals surface area contributed by atoms with Crippen LogP contribution in [0.25, 0.3) is 6.08 Å². The van der Waals surface area contributed by atoms with E-state index in [0.717, 1.165) is 22.4 Å². The lowest BCUT2D eigenvalue weighted by Gasteiger charge is -2.20. The summed E-state index contributed by atoms with van der Waals surface area (Å²) in [6, 6.07) is 13.2. The molecule has 0 fully saturated rings. The highest BCUT2D eigenvalue weighted by atomic mass is 32.2. The molecular weight excluding hydrogens is 386 g/mol. The average Bonchev–Trinajstić information content (AvgIpc) is 2.96. The molecule has 0 saturated heterocycles. The Kier molecular flexibility index (Phi) is 6.08. The molecule has 2 aromatic rings. The number of carbonyl (C=O) groups is 2. The van der Waals surface area contributed by atoms with Crippen LogP contribution in [0.15, 0.2) is 53.2 Å². The number of carbonyl (C=O) groups excluding carboxylic acids is 2. The fourth-order valence-electron chi connectivity index (χ4n) is 2.96. The number of aryl methyl sites for hydroxylation is 2. The highest BCUT2D eigenvalue weighted by Gasteiger charge is 2.34. The Morgan fingerprint density at radius 3 is 2.34 bits per heavy atom. The fraction of sp³-hybridized carbons (Fsp3) is 0.227. The van der Waals surface area contributed by atoms with E-state index >= 15 is 0 Å². The van der Waals surface area contributed by atoms with E-state index in [-0.39, 0.29) is 5.91 Å². The molecule has 3 rings (SSSR count). The number of nitrogens with zero attached hydrogens (tertiary/aromatic N) is 2. The normalized spacial score (nSPS) is 16.1. The van der Waals surface area contributed by atoms with E-state index in [1.807, 2.05) is 56.3 Å². The van der Waals surface area contributed by atoms with Crippen LogP contribution in [-0.2, 0) is 9.59 Å². The van der Waals surface area contributed by atoms with Gasteiger partial charge in [-0.3, -0.25) is 14.5 Å². The minimum Gasteiger partial charge on any atom is -0.497 e. The first kappa shape index (κ1) is 20.7. The first-order chi connectivity index (χ1) is 13.8. The van der Waals surface area contributed by atoms with Crippen LogP contribution < -0.4 is 15.4 Å². The molecule has 0 bridgehead atoms. The van der Waals surface area contributed by atoms with Crippen molar-refractivity contribution in [3.8, 4) is 5.75 Å². The van der Waals surface area contributed by atoms with Gasteiger partial charge in [0.15, 0.2) is 5.17 Å². The number of hydrogen-bond donors (Lipinski definition) is 1. The number of rotatable bonds is 5. The van der Waals surface area contributed by atoms with E-state index in [2.05, 4.69) is 4.99 Å². The quantitative estimate of drug-likeness (QED) is 0.764. The molecule has 2 amide bonds. The maximum Gasteiger partial charge on any atom is 0.283 e. The Bertz CT molecular complexity index is 992. The Labute approximate surface area is 174 Å². The summed E-state index contributed by atoms with van der Waals surface area (Å²) in [4.78, 5) is 30.8. The number of ether oxygens (including phenoxy) is 1. The molecule has 2 aromatic carbocycles. The smallest absolute Gasteiger partial charge is 0.283 e. The number of benzene rings is 2. The van der Waals surface area contributed by atoms with Crippen LogP contribution in [0, 0.1) is 13.8 Å². The zero-order valence-corrected chi connectivity index (χ0v) is 17.6. The predicted molar refractivity (Wildman–Crippen MR) is 118 cm³/mol. The average molecular weight is 410 g/mol. The van der Waals surface area contributed by atoms with E-state index in [1.165, 1.54) is 11.8 Å². The third-order valence-electron chi connectivity index (χ3n) is 4.40. The van der Waals surface area contributed by atoms with Crippen molar-refractivity contribution in [3.05, 3.63) is 64.9 Å². The molecule has 0 spiro atoms. The van der Waals surface area contributed by atoms with Crippen LogP contribution >= 0.6 is 11.8 Å². The van der Waals surface area contributed by atoms with Gasteiger partial charge in [-0.2, -0.15) is 0 Å². The second-order valence-corrected chi connectivity index (χ2v) is 8.15. The minimum atomic E-state index is -0.518. The summed E-state index contributed by atoms with van der Waals surface area (Å²) in [5.74, 6) is 0.0277. The van der Waals surface area contributed by atoms with Crippen molar-refractivity contribution < 1.29 is 14.3 Å². The largest absolute Gasteiger partial charge is 0.497 e. The van der Waals surface area contributed by atoms with Gasteiger partial charge in [0, 0.05) is 0 Å². The van der Waals surface area contributed by atoms with Crippen LogP contribution in [0.3, 0.4) is 0 Å². The monoisotopic (exact) mass is 409 g/mol. The number of amidine groups is 1. The fourth-order valence-corrected chi connectivity index (χ4v) is 3.83. The lowest BCUT2D eigenvalue weighted by molar-refractivity contribution is -0.117. The lowest BCUT2D eigenvalue weighted by Crippen LogP contribution is -2.33. The summed E-state index contributed by atoms with van der Waals surface area (Å²) >= 11 is 1.17. The van der Waals surface area contributed by atoms with Gasteiger partial charge < -0.3 is 10.5 Å². The molecule has 6 nitrogen and oxygen atoms in total. The Hall–Kier alpha value is -3.06. The van der Waals surface area contributed by atoms with Crippen LogP contribution in [0.1, 0.15) is 23.6 Å². The predicted octanol–water partition coefficient (Wildman–Crippen LogP) is 3.66. The van der Waals surface area contributed by atoms with E-state index in [4.69, 9.17) is 10.5 Å². The summed E-state index contributed by atoms with van der Waals surface area (Å²) in [5, 5.41) is -0.0821. The maximum absolute atomic E-state index is 13.2. The van der Waals surface area contributed by atoms with Crippen LogP contribution in [0.2, 0.25) is 0 Å². The molecule has 0 radical (unpaired) electrons. The molecular formula is C22H23N3O3S. The van der Waals surface area contributed by atoms with Gasteiger partial charge in [0.1, 0.15) is 11.4 Å². The number of nitrogens with two attached hydrogens (primary N) is 1. The third kappa shape index (κ3) is 4.68. The van der Waals surface area contributed by atoms with Gasteiger partial charge in [-0.15, -0.1) is 0 Å². The molecule has 2 N–H and O–H groups in total. The molecule has 1 aliphatic rings. The summed E-state index contributed by atoms with van der Waals surface area (Å²) in [6.45, 7) is 5.65. The van der Waals surface area contributed by atoms with E-state index < -0.39 is 11.2 Å². The van der Waals surface area contributed by atoms with Crippen molar-refractivity contribution in [1.29, 1.82) is 0 Å². The Balaban J connectivity index is 2.02. The van der Waals surface area contributed by atoms with Gasteiger partial charge in [0.05, 0.1) is 18.0 Å². The van der Waals surface area contributed by atoms with Crippen molar-refractivity contribution in [3.63, 3.8) is 0 Å². The second kappa shape index (κ2) is 8.53. The van der Waals surface area contributed by atoms with Crippen molar-refractivity contribution in [1.82, 2.24) is 0 Å². The summed E-state index contributed by atoms with van der Waals surface area (Å²) < 4.78 is 5.17. The van der Waals surface area contributed by atoms with E-state index in [0.29, 0.717) is 16.6 Å². The number of amides is 2. The third-order valence-corrected chi connectivity index (χ3v) is 5.47. The highest BCUT2D eigenvalue weighted by Crippen LogP contribution is 2.32. The molecule has 150 valence electrons. The number of hydrogen-bond acceptors (Lipinski definition) is 5. The van der Waals surface area contributed by atoms with Crippen LogP contribution in [-0.4, -0.2) is 29.3 Å². The zero-order chi connectivity index (χ0) is 21.1. The van der Waals surface area contributed by atoms with E-state index in [1.54, 1.807) is 25.0 Å². The highest BCUT2D eigenvalue weighted by molar-refractivity contribution is 8.15. The maximum atomic E-state index is 13.2. The Morgan fingerprint density at radius 2 is 1.79 bits per heavy atom. The van der Waals surface area contributed by atoms with Gasteiger partial charge in [-0.05, 0) is 67.8 Å². The molecule has 1 aliphatic heterocycles. The van der Waals surface area contributed by atoms with Crippen molar-refractivity contribution in [2.75, 3.05) is 12.0 Å². The van der Waals surface area contributed by atoms with Gasteiger partial charge in [-0.1, -0.05) is 30.0 Å². The molecule has 0 aromatic heterocycles. The molecule has 7 heteroatoms. The molecule has 0 saturated carbocycles. The standard InChI is InChI=1S/C22H23N3O3S/c1-13-9-14(2)11-17(10-13)25-21(27)19(24-22(25)29-15(3)20(23)26)12-16-5-7-18(28-4)8-6-16/h5-12,15H,1-4H3,(H2,23,26)/b19-12-/t15-/m1/s1. The van der Waals surface area contributed by atoms with Crippen molar-refractivity contribution in [2.45, 2.75) is 26.0 Å². The number of primary amides is 1. The number of anilines is 1. The Morgan fingerprint density at radius 1 is 1.17 bits per heavy atom. The minimum absolute atomic E-state index is 0.245. The lowest BCUT2D eigenvalue weighted by atomic mass is 10.1. The molecule has 0 unspecified atom stereocenters. The molecule has 0 aliphatic carbocycles. The topological polar surface area (TPSA) is 85.0 Å². The first-order valence-corrected chi connectivity index (χ1v) is 9.99. The molecule has 29 heavy (non-hydrogen) atoms.